The molecule has 0 bridgehead atoms. The molecule has 3 aliphatic rings. The number of ether oxygens (including phenoxy) is 2. The number of benzene rings is 1. The molecule has 2 aromatic rings. The van der Waals surface area contributed by atoms with Gasteiger partial charge in [0.15, 0.2) is 5.82 Å². The van der Waals surface area contributed by atoms with Crippen LogP contribution in [0, 0.1) is 11.8 Å². The summed E-state index contributed by atoms with van der Waals surface area (Å²) in [4.78, 5) is 75.4. The summed E-state index contributed by atoms with van der Waals surface area (Å²) in [5.74, 6) is -0.664. The van der Waals surface area contributed by atoms with Gasteiger partial charge < -0.3 is 44.0 Å². The molecule has 0 radical (unpaired) electrons. The summed E-state index contributed by atoms with van der Waals surface area (Å²) in [6, 6.07) is 9.05. The number of nitrogens with one attached hydrogen (secondary N) is 1. The van der Waals surface area contributed by atoms with Crippen molar-refractivity contribution in [1.29, 1.82) is 0 Å². The molecule has 1 aromatic carbocycles. The molecule has 48 heavy (non-hydrogen) atoms. The molecule has 2 aliphatic heterocycles. The Labute approximate surface area is 277 Å². The second-order valence-corrected chi connectivity index (χ2v) is 13.8. The van der Waals surface area contributed by atoms with E-state index in [0.717, 1.165) is 12.8 Å². The fraction of sp³-hybridized carbons (Fsp3) is 0.548. The third kappa shape index (κ3) is 8.60. The van der Waals surface area contributed by atoms with Gasteiger partial charge in [0, 0.05) is 62.7 Å². The summed E-state index contributed by atoms with van der Waals surface area (Å²) in [5.41, 5.74) is 0.569. The minimum absolute atomic E-state index is 0.00597. The van der Waals surface area contributed by atoms with E-state index in [9.17, 15) is 28.6 Å². The SMILES string of the molecule is CCCCOC(=O)N1CCN(C(=O)[C@H](CP(=O)(O)OCC)NC(=O)c2cc(N3C[C@@H]4C(OC(=O)O)[C@@H]4C3)nc(-c3ccccc3)n2)CC1. The van der Waals surface area contributed by atoms with Crippen molar-refractivity contribution in [2.45, 2.75) is 38.8 Å². The Morgan fingerprint density at radius 1 is 1.02 bits per heavy atom. The van der Waals surface area contributed by atoms with Crippen molar-refractivity contribution in [3.05, 3.63) is 42.1 Å². The average Bonchev–Trinajstić information content (AvgIpc) is 3.48. The standard InChI is InChI=1S/C31H41N6O10P/c1-3-5-15-45-30(40)36-13-11-35(12-14-36)29(39)24(19-48(43,44)46-4-2)33-28(38)23-16-25(34-27(32-23)20-9-7-6-8-10-20)37-17-21-22(18-37)26(21)47-31(41)42/h6-10,16,21-22,24,26H,3-5,11-15,17-19H2,1-2H3,(H,33,38)(H,41,42)(H,43,44)/t21-,22+,24-,26?/m0/s1. The molecule has 1 saturated carbocycles. The number of aromatic nitrogens is 2. The van der Waals surface area contributed by atoms with Crippen LogP contribution in [-0.4, -0.2) is 125 Å². The molecule has 3 N–H and O–H groups in total. The summed E-state index contributed by atoms with van der Waals surface area (Å²) >= 11 is 0. The van der Waals surface area contributed by atoms with Gasteiger partial charge in [-0.3, -0.25) is 14.2 Å². The first-order chi connectivity index (χ1) is 23.0. The Morgan fingerprint density at radius 2 is 1.69 bits per heavy atom. The molecular weight excluding hydrogens is 647 g/mol. The molecule has 3 amide bonds. The monoisotopic (exact) mass is 688 g/mol. The highest BCUT2D eigenvalue weighted by molar-refractivity contribution is 7.52. The number of unbranched alkanes of at least 4 members (excludes halogenated alkanes) is 1. The first-order valence-corrected chi connectivity index (χ1v) is 17.8. The third-order valence-electron chi connectivity index (χ3n) is 8.57. The average molecular weight is 689 g/mol. The zero-order chi connectivity index (χ0) is 34.4. The number of fused-ring (bicyclic) bond motifs is 1. The van der Waals surface area contributed by atoms with Crippen LogP contribution in [0.1, 0.15) is 37.2 Å². The number of hydrogen-bond acceptors (Lipinski definition) is 11. The minimum Gasteiger partial charge on any atom is -0.450 e. The van der Waals surface area contributed by atoms with Crippen LogP contribution in [0.5, 0.6) is 0 Å². The van der Waals surface area contributed by atoms with E-state index in [1.54, 1.807) is 31.2 Å². The van der Waals surface area contributed by atoms with Gasteiger partial charge in [-0.2, -0.15) is 0 Å². The van der Waals surface area contributed by atoms with E-state index < -0.39 is 43.9 Å². The summed E-state index contributed by atoms with van der Waals surface area (Å²) in [6.45, 7) is 5.37. The fourth-order valence-electron chi connectivity index (χ4n) is 6.01. The lowest BCUT2D eigenvalue weighted by atomic mass is 10.2. The van der Waals surface area contributed by atoms with Crippen molar-refractivity contribution in [1.82, 2.24) is 25.1 Å². The smallest absolute Gasteiger partial charge is 0.450 e. The number of piperidine rings is 1. The van der Waals surface area contributed by atoms with Crippen LogP contribution in [0.15, 0.2) is 36.4 Å². The number of rotatable bonds is 13. The quantitative estimate of drug-likeness (QED) is 0.158. The largest absolute Gasteiger partial charge is 0.506 e. The van der Waals surface area contributed by atoms with E-state index >= 15 is 0 Å². The molecule has 2 saturated heterocycles. The molecular formula is C31H41N6O10P. The Bertz CT molecular complexity index is 1530. The van der Waals surface area contributed by atoms with Crippen LogP contribution in [0.3, 0.4) is 0 Å². The lowest BCUT2D eigenvalue weighted by Crippen LogP contribution is -2.56. The summed E-state index contributed by atoms with van der Waals surface area (Å²) < 4.78 is 28.1. The van der Waals surface area contributed by atoms with Crippen molar-refractivity contribution < 1.29 is 47.7 Å². The van der Waals surface area contributed by atoms with Crippen LogP contribution in [-0.2, 0) is 23.4 Å². The Kier molecular flexibility index (Phi) is 11.2. The second-order valence-electron chi connectivity index (χ2n) is 11.9. The molecule has 5 rings (SSSR count). The number of hydrogen-bond donors (Lipinski definition) is 3. The van der Waals surface area contributed by atoms with Crippen LogP contribution < -0.4 is 10.2 Å². The maximum absolute atomic E-state index is 13.8. The molecule has 17 heteroatoms. The van der Waals surface area contributed by atoms with Crippen LogP contribution >= 0.6 is 7.60 Å². The topological polar surface area (TPSA) is 201 Å². The number of anilines is 1. The number of carbonyl (C=O) groups is 4. The summed E-state index contributed by atoms with van der Waals surface area (Å²) in [5, 5.41) is 11.6. The normalized spacial score (nSPS) is 21.9. The van der Waals surface area contributed by atoms with Gasteiger partial charge in [0.2, 0.25) is 5.91 Å². The van der Waals surface area contributed by atoms with Crippen LogP contribution in [0.2, 0.25) is 0 Å². The van der Waals surface area contributed by atoms with Gasteiger partial charge in [-0.1, -0.05) is 43.7 Å². The molecule has 1 aromatic heterocycles. The van der Waals surface area contributed by atoms with Crippen LogP contribution in [0.25, 0.3) is 11.4 Å². The number of amides is 3. The van der Waals surface area contributed by atoms with E-state index in [0.29, 0.717) is 31.1 Å². The molecule has 0 spiro atoms. The minimum atomic E-state index is -4.29. The molecule has 5 atom stereocenters. The summed E-state index contributed by atoms with van der Waals surface area (Å²) in [7, 11) is -4.29. The van der Waals surface area contributed by atoms with Crippen molar-refractivity contribution in [3.63, 3.8) is 0 Å². The van der Waals surface area contributed by atoms with Gasteiger partial charge in [-0.05, 0) is 13.3 Å². The van der Waals surface area contributed by atoms with Gasteiger partial charge in [-0.25, -0.2) is 19.6 Å². The van der Waals surface area contributed by atoms with Gasteiger partial charge in [0.25, 0.3) is 5.91 Å². The van der Waals surface area contributed by atoms with Gasteiger partial charge in [0.05, 0.1) is 19.4 Å². The Morgan fingerprint density at radius 3 is 2.31 bits per heavy atom. The van der Waals surface area contributed by atoms with E-state index in [1.807, 2.05) is 17.9 Å². The highest BCUT2D eigenvalue weighted by atomic mass is 31.2. The first kappa shape index (κ1) is 35.0. The molecule has 16 nitrogen and oxygen atoms in total. The predicted octanol–water partition coefficient (Wildman–Crippen LogP) is 2.67. The van der Waals surface area contributed by atoms with Crippen molar-refractivity contribution in [3.8, 4) is 11.4 Å². The number of nitrogens with zero attached hydrogens (tertiary/aromatic N) is 5. The predicted molar refractivity (Wildman–Crippen MR) is 172 cm³/mol. The van der Waals surface area contributed by atoms with Gasteiger partial charge >= 0.3 is 19.8 Å². The highest BCUT2D eigenvalue weighted by Gasteiger charge is 2.59. The maximum atomic E-state index is 13.8. The molecule has 1 aliphatic carbocycles. The maximum Gasteiger partial charge on any atom is 0.506 e. The molecule has 260 valence electrons. The van der Waals surface area contributed by atoms with Gasteiger partial charge in [-0.15, -0.1) is 0 Å². The van der Waals surface area contributed by atoms with Crippen molar-refractivity contribution >= 4 is 37.5 Å². The Hall–Kier alpha value is -4.27. The fourth-order valence-corrected chi connectivity index (χ4v) is 7.22. The molecule has 3 fully saturated rings. The zero-order valence-corrected chi connectivity index (χ0v) is 27.8. The van der Waals surface area contributed by atoms with Crippen molar-refractivity contribution in [2.75, 3.05) is 63.5 Å². The van der Waals surface area contributed by atoms with E-state index in [2.05, 4.69) is 15.3 Å². The molecule has 3 heterocycles. The van der Waals surface area contributed by atoms with E-state index in [1.165, 1.54) is 15.9 Å². The van der Waals surface area contributed by atoms with Crippen LogP contribution in [0.4, 0.5) is 15.4 Å². The van der Waals surface area contributed by atoms with Crippen molar-refractivity contribution in [2.24, 2.45) is 11.8 Å². The highest BCUT2D eigenvalue weighted by Crippen LogP contribution is 2.49. The number of carboxylic acid groups (broad SMARTS) is 1. The third-order valence-corrected chi connectivity index (χ3v) is 10.1. The van der Waals surface area contributed by atoms with E-state index in [4.69, 9.17) is 19.1 Å². The number of carbonyl (C=O) groups excluding carboxylic acids is 3. The zero-order valence-electron chi connectivity index (χ0n) is 26.9. The molecule has 2 unspecified atom stereocenters. The lowest BCUT2D eigenvalue weighted by Gasteiger charge is -2.36. The Balaban J connectivity index is 1.34. The lowest BCUT2D eigenvalue weighted by molar-refractivity contribution is -0.134. The first-order valence-electron chi connectivity index (χ1n) is 16.1. The van der Waals surface area contributed by atoms with E-state index in [-0.39, 0.29) is 62.2 Å². The second kappa shape index (κ2) is 15.3. The number of piperazine rings is 1. The summed E-state index contributed by atoms with van der Waals surface area (Å²) in [6.07, 6.45) is -1.21. The van der Waals surface area contributed by atoms with Gasteiger partial charge in [0.1, 0.15) is 23.7 Å².